The highest BCUT2D eigenvalue weighted by atomic mass is 16.5. The lowest BCUT2D eigenvalue weighted by molar-refractivity contribution is -0.00526. The minimum absolute atomic E-state index is 0.0491. The third-order valence-electron chi connectivity index (χ3n) is 4.01. The molecule has 3 rings (SSSR count). The molecule has 1 saturated heterocycles. The van der Waals surface area contributed by atoms with Crippen molar-refractivity contribution in [1.82, 2.24) is 19.7 Å². The maximum Gasteiger partial charge on any atom is 0.273 e. The molecule has 0 unspecified atom stereocenters. The van der Waals surface area contributed by atoms with E-state index in [2.05, 4.69) is 10.1 Å². The van der Waals surface area contributed by atoms with Crippen molar-refractivity contribution in [2.45, 2.75) is 19.9 Å². The number of rotatable bonds is 2. The van der Waals surface area contributed by atoms with Gasteiger partial charge in [0.25, 0.3) is 5.91 Å². The molecule has 1 aliphatic heterocycles. The number of morpholine rings is 1. The molecule has 3 heterocycles. The molecule has 1 fully saturated rings. The lowest BCUT2D eigenvalue weighted by Crippen LogP contribution is -2.44. The summed E-state index contributed by atoms with van der Waals surface area (Å²) in [6, 6.07) is 3.78. The van der Waals surface area contributed by atoms with Crippen LogP contribution in [-0.2, 0) is 11.8 Å². The van der Waals surface area contributed by atoms with E-state index in [9.17, 15) is 4.79 Å². The molecule has 116 valence electrons. The molecule has 0 bridgehead atoms. The fraction of sp³-hybridized carbons (Fsp3) is 0.438. The lowest BCUT2D eigenvalue weighted by atomic mass is 10.1. The summed E-state index contributed by atoms with van der Waals surface area (Å²) in [5.74, 6) is -0.0491. The van der Waals surface area contributed by atoms with Crippen LogP contribution in [0.2, 0.25) is 0 Å². The van der Waals surface area contributed by atoms with E-state index < -0.39 is 0 Å². The van der Waals surface area contributed by atoms with E-state index in [-0.39, 0.29) is 11.9 Å². The summed E-state index contributed by atoms with van der Waals surface area (Å²) in [5, 5.41) is 4.20. The van der Waals surface area contributed by atoms with Crippen LogP contribution in [0.5, 0.6) is 0 Å². The van der Waals surface area contributed by atoms with Crippen LogP contribution in [0.25, 0.3) is 0 Å². The maximum absolute atomic E-state index is 12.9. The molecule has 6 heteroatoms. The third kappa shape index (κ3) is 2.62. The first-order valence-corrected chi connectivity index (χ1v) is 7.38. The van der Waals surface area contributed by atoms with E-state index in [1.54, 1.807) is 17.1 Å². The minimum atomic E-state index is -0.128. The fourth-order valence-electron chi connectivity index (χ4n) is 2.88. The van der Waals surface area contributed by atoms with Gasteiger partial charge in [0.2, 0.25) is 0 Å². The summed E-state index contributed by atoms with van der Waals surface area (Å²) in [6.45, 7) is 5.49. The summed E-state index contributed by atoms with van der Waals surface area (Å²) < 4.78 is 7.36. The molecule has 2 aromatic heterocycles. The predicted octanol–water partition coefficient (Wildman–Crippen LogP) is 1.65. The Bertz CT molecular complexity index is 695. The van der Waals surface area contributed by atoms with Gasteiger partial charge in [0.1, 0.15) is 5.69 Å². The summed E-state index contributed by atoms with van der Waals surface area (Å²) in [7, 11) is 1.88. The van der Waals surface area contributed by atoms with E-state index in [1.807, 2.05) is 37.9 Å². The molecule has 22 heavy (non-hydrogen) atoms. The molecular weight excluding hydrogens is 280 g/mol. The van der Waals surface area contributed by atoms with Crippen LogP contribution in [0, 0.1) is 13.8 Å². The molecule has 0 spiro atoms. The molecule has 0 N–H and O–H groups in total. The second-order valence-electron chi connectivity index (χ2n) is 5.65. The van der Waals surface area contributed by atoms with Gasteiger partial charge in [0.05, 0.1) is 24.9 Å². The Morgan fingerprint density at radius 3 is 2.91 bits per heavy atom. The number of carbonyl (C=O) groups is 1. The Balaban J connectivity index is 1.93. The molecule has 2 aromatic rings. The number of carbonyl (C=O) groups excluding carboxylic acids is 1. The van der Waals surface area contributed by atoms with Gasteiger partial charge in [-0.25, -0.2) is 0 Å². The van der Waals surface area contributed by atoms with Gasteiger partial charge in [0, 0.05) is 26.0 Å². The highest BCUT2D eigenvalue weighted by Crippen LogP contribution is 2.25. The number of aryl methyl sites for hydroxylation is 3. The third-order valence-corrected chi connectivity index (χ3v) is 4.01. The largest absolute Gasteiger partial charge is 0.377 e. The Kier molecular flexibility index (Phi) is 3.94. The van der Waals surface area contributed by atoms with Gasteiger partial charge in [-0.3, -0.25) is 14.5 Å². The van der Waals surface area contributed by atoms with E-state index in [4.69, 9.17) is 4.74 Å². The summed E-state index contributed by atoms with van der Waals surface area (Å²) in [4.78, 5) is 19.1. The molecular formula is C16H20N4O2. The van der Waals surface area contributed by atoms with Crippen LogP contribution in [0.15, 0.2) is 24.5 Å². The molecule has 0 saturated carbocycles. The van der Waals surface area contributed by atoms with Gasteiger partial charge in [-0.15, -0.1) is 0 Å². The van der Waals surface area contributed by atoms with Crippen LogP contribution in [0.1, 0.15) is 33.4 Å². The highest BCUT2D eigenvalue weighted by molar-refractivity contribution is 5.94. The first-order chi connectivity index (χ1) is 10.6. The van der Waals surface area contributed by atoms with Crippen molar-refractivity contribution in [2.75, 3.05) is 19.8 Å². The molecule has 1 atom stereocenters. The highest BCUT2D eigenvalue weighted by Gasteiger charge is 2.32. The molecule has 6 nitrogen and oxygen atoms in total. The minimum Gasteiger partial charge on any atom is -0.377 e. The van der Waals surface area contributed by atoms with Gasteiger partial charge in [0.15, 0.2) is 0 Å². The van der Waals surface area contributed by atoms with Crippen LogP contribution < -0.4 is 0 Å². The van der Waals surface area contributed by atoms with Gasteiger partial charge >= 0.3 is 0 Å². The van der Waals surface area contributed by atoms with Gasteiger partial charge < -0.3 is 9.64 Å². The number of aromatic nitrogens is 3. The normalized spacial score (nSPS) is 18.5. The number of amides is 1. The second kappa shape index (κ2) is 5.88. The summed E-state index contributed by atoms with van der Waals surface area (Å²) in [6.07, 6.45) is 3.47. The zero-order chi connectivity index (χ0) is 15.7. The van der Waals surface area contributed by atoms with Gasteiger partial charge in [-0.05, 0) is 31.0 Å². The van der Waals surface area contributed by atoms with Crippen molar-refractivity contribution in [3.63, 3.8) is 0 Å². The number of hydrogen-bond donors (Lipinski definition) is 0. The van der Waals surface area contributed by atoms with E-state index in [1.165, 1.54) is 0 Å². The van der Waals surface area contributed by atoms with Crippen molar-refractivity contribution in [3.8, 4) is 0 Å². The standard InChI is InChI=1S/C16H20N4O2/c1-11-8-12(2)15(17-9-11)16(21)20-6-7-22-10-14(20)13-4-5-18-19(13)3/h4-5,8-9,14H,6-7,10H2,1-3H3/t14-/m0/s1. The Morgan fingerprint density at radius 2 is 2.23 bits per heavy atom. The number of pyridine rings is 1. The van der Waals surface area contributed by atoms with Crippen LogP contribution in [-0.4, -0.2) is 45.3 Å². The molecule has 1 aliphatic rings. The maximum atomic E-state index is 12.9. The van der Waals surface area contributed by atoms with Crippen molar-refractivity contribution in [1.29, 1.82) is 0 Å². The van der Waals surface area contributed by atoms with Crippen molar-refractivity contribution < 1.29 is 9.53 Å². The quantitative estimate of drug-likeness (QED) is 0.846. The molecule has 1 amide bonds. The molecule has 0 aromatic carbocycles. The Morgan fingerprint density at radius 1 is 1.41 bits per heavy atom. The lowest BCUT2D eigenvalue weighted by Gasteiger charge is -2.35. The van der Waals surface area contributed by atoms with Crippen LogP contribution in [0.3, 0.4) is 0 Å². The fourth-order valence-corrected chi connectivity index (χ4v) is 2.88. The van der Waals surface area contributed by atoms with E-state index in [0.29, 0.717) is 25.5 Å². The smallest absolute Gasteiger partial charge is 0.273 e. The van der Waals surface area contributed by atoms with E-state index in [0.717, 1.165) is 16.8 Å². The average Bonchev–Trinajstić information content (AvgIpc) is 2.93. The van der Waals surface area contributed by atoms with Gasteiger partial charge in [-0.1, -0.05) is 6.07 Å². The zero-order valence-electron chi connectivity index (χ0n) is 13.1. The van der Waals surface area contributed by atoms with Crippen molar-refractivity contribution >= 4 is 5.91 Å². The predicted molar refractivity (Wildman–Crippen MR) is 81.5 cm³/mol. The van der Waals surface area contributed by atoms with Crippen LogP contribution in [0.4, 0.5) is 0 Å². The topological polar surface area (TPSA) is 60.3 Å². The Labute approximate surface area is 129 Å². The monoisotopic (exact) mass is 300 g/mol. The first kappa shape index (κ1) is 14.7. The van der Waals surface area contributed by atoms with E-state index >= 15 is 0 Å². The summed E-state index contributed by atoms with van der Waals surface area (Å²) in [5.41, 5.74) is 3.44. The van der Waals surface area contributed by atoms with Crippen LogP contribution >= 0.6 is 0 Å². The number of nitrogens with zero attached hydrogens (tertiary/aromatic N) is 4. The number of ether oxygens (including phenoxy) is 1. The van der Waals surface area contributed by atoms with Crippen molar-refractivity contribution in [3.05, 3.63) is 47.0 Å². The number of hydrogen-bond acceptors (Lipinski definition) is 4. The first-order valence-electron chi connectivity index (χ1n) is 7.38. The van der Waals surface area contributed by atoms with Crippen molar-refractivity contribution in [2.24, 2.45) is 7.05 Å². The average molecular weight is 300 g/mol. The Hall–Kier alpha value is -2.21. The van der Waals surface area contributed by atoms with Gasteiger partial charge in [-0.2, -0.15) is 5.10 Å². The molecule has 0 radical (unpaired) electrons. The molecule has 0 aliphatic carbocycles. The second-order valence-corrected chi connectivity index (χ2v) is 5.65. The SMILES string of the molecule is Cc1cnc(C(=O)N2CCOC[C@H]2c2ccnn2C)c(C)c1. The summed E-state index contributed by atoms with van der Waals surface area (Å²) >= 11 is 0. The zero-order valence-corrected chi connectivity index (χ0v) is 13.1.